The van der Waals surface area contributed by atoms with Crippen LogP contribution in [0, 0.1) is 0 Å². The van der Waals surface area contributed by atoms with Gasteiger partial charge in [0.2, 0.25) is 11.7 Å². The molecule has 3 heterocycles. The zero-order valence-corrected chi connectivity index (χ0v) is 16.8. The number of fused-ring (bicyclic) bond motifs is 1. The first-order chi connectivity index (χ1) is 13.3. The first kappa shape index (κ1) is 18.4. The van der Waals surface area contributed by atoms with Crippen LogP contribution in [0.4, 0.5) is 0 Å². The van der Waals surface area contributed by atoms with E-state index in [1.165, 1.54) is 23.3 Å². The minimum Gasteiger partial charge on any atom is -0.352 e. The number of carbonyl (C=O) groups is 1. The summed E-state index contributed by atoms with van der Waals surface area (Å²) >= 11 is 3.35. The van der Waals surface area contributed by atoms with E-state index < -0.39 is 0 Å². The number of thiophene rings is 2. The van der Waals surface area contributed by atoms with Gasteiger partial charge in [-0.15, -0.1) is 22.7 Å². The van der Waals surface area contributed by atoms with Crippen LogP contribution in [0.15, 0.2) is 27.4 Å². The molecule has 0 saturated carbocycles. The predicted octanol–water partition coefficient (Wildman–Crippen LogP) is 4.88. The van der Waals surface area contributed by atoms with Gasteiger partial charge in [0.25, 0.3) is 5.91 Å². The highest BCUT2D eigenvalue weighted by Crippen LogP contribution is 2.30. The van der Waals surface area contributed by atoms with Crippen molar-refractivity contribution in [3.8, 4) is 10.7 Å². The Morgan fingerprint density at radius 1 is 1.19 bits per heavy atom. The molecule has 0 atom stereocenters. The molecular formula is C20H23N3O2S2. The van der Waals surface area contributed by atoms with Gasteiger partial charge in [-0.3, -0.25) is 4.79 Å². The molecule has 142 valence electrons. The summed E-state index contributed by atoms with van der Waals surface area (Å²) in [5.74, 6) is 1.45. The SMILES string of the molecule is O=C(NCCCCCc1nc(-c2cccs2)no1)c1csc2c1CCCC2. The topological polar surface area (TPSA) is 68.0 Å². The zero-order chi connectivity index (χ0) is 18.5. The second kappa shape index (κ2) is 8.80. The molecule has 3 aromatic rings. The average molecular weight is 402 g/mol. The van der Waals surface area contributed by atoms with Gasteiger partial charge in [-0.25, -0.2) is 0 Å². The molecule has 1 N–H and O–H groups in total. The van der Waals surface area contributed by atoms with E-state index in [1.54, 1.807) is 22.7 Å². The van der Waals surface area contributed by atoms with Crippen molar-refractivity contribution < 1.29 is 9.32 Å². The Morgan fingerprint density at radius 3 is 3.00 bits per heavy atom. The van der Waals surface area contributed by atoms with Crippen molar-refractivity contribution in [2.75, 3.05) is 6.54 Å². The van der Waals surface area contributed by atoms with Crippen molar-refractivity contribution in [1.82, 2.24) is 15.5 Å². The summed E-state index contributed by atoms with van der Waals surface area (Å²) in [6, 6.07) is 3.98. The minimum absolute atomic E-state index is 0.0897. The van der Waals surface area contributed by atoms with Gasteiger partial charge in [0.05, 0.1) is 10.4 Å². The molecule has 1 aliphatic carbocycles. The lowest BCUT2D eigenvalue weighted by molar-refractivity contribution is 0.0952. The number of rotatable bonds is 8. The number of aryl methyl sites for hydroxylation is 2. The fourth-order valence-electron chi connectivity index (χ4n) is 3.42. The third-order valence-corrected chi connectivity index (χ3v) is 6.82. The van der Waals surface area contributed by atoms with Gasteiger partial charge in [-0.1, -0.05) is 17.6 Å². The Bertz CT molecular complexity index is 883. The van der Waals surface area contributed by atoms with Gasteiger partial charge in [-0.2, -0.15) is 4.98 Å². The van der Waals surface area contributed by atoms with E-state index in [0.29, 0.717) is 18.3 Å². The van der Waals surface area contributed by atoms with Crippen LogP contribution < -0.4 is 5.32 Å². The second-order valence-corrected chi connectivity index (χ2v) is 8.73. The Balaban J connectivity index is 1.16. The van der Waals surface area contributed by atoms with Crippen molar-refractivity contribution in [2.45, 2.75) is 51.4 Å². The van der Waals surface area contributed by atoms with Crippen LogP contribution in [0.2, 0.25) is 0 Å². The summed E-state index contributed by atoms with van der Waals surface area (Å²) in [6.07, 6.45) is 8.40. The van der Waals surface area contributed by atoms with Gasteiger partial charge in [0.1, 0.15) is 0 Å². The molecule has 1 aliphatic rings. The molecular weight excluding hydrogens is 378 g/mol. The summed E-state index contributed by atoms with van der Waals surface area (Å²) < 4.78 is 5.31. The van der Waals surface area contributed by atoms with Crippen LogP contribution in [0.25, 0.3) is 10.7 Å². The number of hydrogen-bond acceptors (Lipinski definition) is 6. The van der Waals surface area contributed by atoms with Crippen LogP contribution in [0.3, 0.4) is 0 Å². The van der Waals surface area contributed by atoms with Crippen LogP contribution in [0.5, 0.6) is 0 Å². The van der Waals surface area contributed by atoms with Gasteiger partial charge < -0.3 is 9.84 Å². The fourth-order valence-corrected chi connectivity index (χ4v) is 5.20. The number of nitrogens with zero attached hydrogens (tertiary/aromatic N) is 2. The molecule has 0 bridgehead atoms. The van der Waals surface area contributed by atoms with E-state index in [-0.39, 0.29) is 5.91 Å². The normalized spacial score (nSPS) is 13.5. The number of unbranched alkanes of at least 4 members (excludes halogenated alkanes) is 2. The number of amides is 1. The van der Waals surface area contributed by atoms with E-state index in [4.69, 9.17) is 4.52 Å². The molecule has 3 aromatic heterocycles. The van der Waals surface area contributed by atoms with E-state index in [9.17, 15) is 4.79 Å². The van der Waals surface area contributed by atoms with Crippen LogP contribution in [0.1, 0.15) is 58.8 Å². The molecule has 0 aromatic carbocycles. The number of nitrogens with one attached hydrogen (secondary N) is 1. The molecule has 0 spiro atoms. The Kier molecular flexibility index (Phi) is 5.99. The third kappa shape index (κ3) is 4.47. The van der Waals surface area contributed by atoms with Crippen molar-refractivity contribution >= 4 is 28.6 Å². The largest absolute Gasteiger partial charge is 0.352 e. The predicted molar refractivity (Wildman–Crippen MR) is 108 cm³/mol. The highest BCUT2D eigenvalue weighted by molar-refractivity contribution is 7.13. The quantitative estimate of drug-likeness (QED) is 0.546. The third-order valence-electron chi connectivity index (χ3n) is 4.87. The lowest BCUT2D eigenvalue weighted by atomic mass is 9.95. The van der Waals surface area contributed by atoms with Crippen LogP contribution >= 0.6 is 22.7 Å². The molecule has 0 aliphatic heterocycles. The molecule has 0 fully saturated rings. The lowest BCUT2D eigenvalue weighted by Gasteiger charge is -2.12. The van der Waals surface area contributed by atoms with Crippen molar-refractivity contribution in [2.24, 2.45) is 0 Å². The van der Waals surface area contributed by atoms with Gasteiger partial charge >= 0.3 is 0 Å². The maximum absolute atomic E-state index is 12.4. The molecule has 4 rings (SSSR count). The average Bonchev–Trinajstić information content (AvgIpc) is 3.44. The number of carbonyl (C=O) groups excluding carboxylic acids is 1. The summed E-state index contributed by atoms with van der Waals surface area (Å²) in [7, 11) is 0. The maximum atomic E-state index is 12.4. The van der Waals surface area contributed by atoms with Crippen molar-refractivity contribution in [3.63, 3.8) is 0 Å². The summed E-state index contributed by atoms with van der Waals surface area (Å²) in [6.45, 7) is 0.716. The highest BCUT2D eigenvalue weighted by atomic mass is 32.1. The Labute approximate surface area is 166 Å². The maximum Gasteiger partial charge on any atom is 0.252 e. The van der Waals surface area contributed by atoms with Gasteiger partial charge in [0.15, 0.2) is 0 Å². The minimum atomic E-state index is 0.0897. The van der Waals surface area contributed by atoms with E-state index >= 15 is 0 Å². The van der Waals surface area contributed by atoms with Gasteiger partial charge in [0, 0.05) is 23.2 Å². The molecule has 1 amide bonds. The smallest absolute Gasteiger partial charge is 0.252 e. The zero-order valence-electron chi connectivity index (χ0n) is 15.2. The van der Waals surface area contributed by atoms with Crippen LogP contribution in [-0.2, 0) is 19.3 Å². The summed E-state index contributed by atoms with van der Waals surface area (Å²) in [5, 5.41) is 11.1. The summed E-state index contributed by atoms with van der Waals surface area (Å²) in [5.41, 5.74) is 2.20. The van der Waals surface area contributed by atoms with E-state index in [1.807, 2.05) is 22.9 Å². The fraction of sp³-hybridized carbons (Fsp3) is 0.450. The van der Waals surface area contributed by atoms with Crippen molar-refractivity contribution in [3.05, 3.63) is 44.8 Å². The molecule has 27 heavy (non-hydrogen) atoms. The van der Waals surface area contributed by atoms with Crippen molar-refractivity contribution in [1.29, 1.82) is 0 Å². The molecule has 5 nitrogen and oxygen atoms in total. The Hall–Kier alpha value is -1.99. The lowest BCUT2D eigenvalue weighted by Crippen LogP contribution is -2.25. The number of hydrogen-bond donors (Lipinski definition) is 1. The van der Waals surface area contributed by atoms with E-state index in [0.717, 1.165) is 49.0 Å². The first-order valence-corrected chi connectivity index (χ1v) is 11.3. The second-order valence-electron chi connectivity index (χ2n) is 6.81. The first-order valence-electron chi connectivity index (χ1n) is 9.55. The molecule has 7 heteroatoms. The van der Waals surface area contributed by atoms with Crippen LogP contribution in [-0.4, -0.2) is 22.6 Å². The summed E-state index contributed by atoms with van der Waals surface area (Å²) in [4.78, 5) is 19.3. The standard InChI is InChI=1S/C20H23N3O2S2/c24-20(15-13-27-16-8-4-3-7-14(15)16)21-11-5-1-2-10-18-22-19(23-25-18)17-9-6-12-26-17/h6,9,12-13H,1-5,7-8,10-11H2,(H,21,24). The molecule has 0 radical (unpaired) electrons. The molecule has 0 saturated heterocycles. The highest BCUT2D eigenvalue weighted by Gasteiger charge is 2.19. The number of aromatic nitrogens is 2. The van der Waals surface area contributed by atoms with E-state index in [2.05, 4.69) is 15.5 Å². The Morgan fingerprint density at radius 2 is 2.11 bits per heavy atom. The molecule has 0 unspecified atom stereocenters. The van der Waals surface area contributed by atoms with Gasteiger partial charge in [-0.05, 0) is 55.5 Å². The monoisotopic (exact) mass is 401 g/mol.